The van der Waals surface area contributed by atoms with Gasteiger partial charge < -0.3 is 24.6 Å². The van der Waals surface area contributed by atoms with Crippen molar-refractivity contribution in [2.45, 2.75) is 0 Å². The van der Waals surface area contributed by atoms with Gasteiger partial charge in [-0.05, 0) is 30.3 Å². The van der Waals surface area contributed by atoms with Crippen LogP contribution >= 0.6 is 24.0 Å². The van der Waals surface area contributed by atoms with Crippen LogP contribution < -0.4 is 19.7 Å². The van der Waals surface area contributed by atoms with Gasteiger partial charge in [0.15, 0.2) is 5.96 Å². The van der Waals surface area contributed by atoms with Crippen molar-refractivity contribution in [3.05, 3.63) is 42.7 Å². The number of methoxy groups -OCH3 is 1. The van der Waals surface area contributed by atoms with Crippen LogP contribution in [0.3, 0.4) is 0 Å². The molecule has 1 fully saturated rings. The SMILES string of the molecule is CN=C(NCCOc1ccc(OC)cc1)N1CCN(c2ncccn2)CC1.I. The number of benzene rings is 1. The maximum atomic E-state index is 5.75. The number of rotatable bonds is 6. The number of nitrogens with one attached hydrogen (secondary N) is 1. The molecule has 0 unspecified atom stereocenters. The highest BCUT2D eigenvalue weighted by Gasteiger charge is 2.20. The van der Waals surface area contributed by atoms with Crippen LogP contribution in [0.4, 0.5) is 5.95 Å². The van der Waals surface area contributed by atoms with E-state index in [4.69, 9.17) is 9.47 Å². The topological polar surface area (TPSA) is 75.1 Å². The van der Waals surface area contributed by atoms with E-state index in [1.165, 1.54) is 0 Å². The molecular formula is C19H27IN6O2. The lowest BCUT2D eigenvalue weighted by molar-refractivity contribution is 0.314. The van der Waals surface area contributed by atoms with E-state index in [9.17, 15) is 0 Å². The monoisotopic (exact) mass is 498 g/mol. The molecule has 0 amide bonds. The Morgan fingerprint density at radius 2 is 1.71 bits per heavy atom. The van der Waals surface area contributed by atoms with Gasteiger partial charge in [-0.3, -0.25) is 4.99 Å². The number of piperazine rings is 1. The summed E-state index contributed by atoms with van der Waals surface area (Å²) in [5.74, 6) is 3.32. The molecule has 9 heteroatoms. The third-order valence-electron chi connectivity index (χ3n) is 4.34. The van der Waals surface area contributed by atoms with Crippen molar-refractivity contribution >= 4 is 35.9 Å². The highest BCUT2D eigenvalue weighted by molar-refractivity contribution is 14.0. The number of anilines is 1. The maximum Gasteiger partial charge on any atom is 0.225 e. The summed E-state index contributed by atoms with van der Waals surface area (Å²) in [6.45, 7) is 4.72. The van der Waals surface area contributed by atoms with Crippen molar-refractivity contribution in [2.24, 2.45) is 4.99 Å². The number of nitrogens with zero attached hydrogens (tertiary/aromatic N) is 5. The molecule has 0 radical (unpaired) electrons. The number of aliphatic imine (C=N–C) groups is 1. The van der Waals surface area contributed by atoms with Gasteiger partial charge in [-0.15, -0.1) is 24.0 Å². The zero-order valence-electron chi connectivity index (χ0n) is 16.2. The Kier molecular flexibility index (Phi) is 9.05. The molecule has 1 aliphatic rings. The number of hydrogen-bond acceptors (Lipinski definition) is 6. The minimum atomic E-state index is 0. The molecule has 0 aliphatic carbocycles. The fraction of sp³-hybridized carbons (Fsp3) is 0.421. The smallest absolute Gasteiger partial charge is 0.225 e. The van der Waals surface area contributed by atoms with Crippen LogP contribution in [-0.2, 0) is 0 Å². The number of guanidine groups is 1. The Morgan fingerprint density at radius 3 is 2.32 bits per heavy atom. The van der Waals surface area contributed by atoms with E-state index in [0.29, 0.717) is 13.2 Å². The molecule has 1 saturated heterocycles. The summed E-state index contributed by atoms with van der Waals surface area (Å²) in [6.07, 6.45) is 3.55. The van der Waals surface area contributed by atoms with Crippen molar-refractivity contribution in [1.82, 2.24) is 20.2 Å². The maximum absolute atomic E-state index is 5.75. The van der Waals surface area contributed by atoms with Crippen LogP contribution in [0.1, 0.15) is 0 Å². The lowest BCUT2D eigenvalue weighted by atomic mass is 10.3. The van der Waals surface area contributed by atoms with Crippen LogP contribution in [0.25, 0.3) is 0 Å². The molecule has 1 aliphatic heterocycles. The van der Waals surface area contributed by atoms with E-state index in [2.05, 4.69) is 30.1 Å². The van der Waals surface area contributed by atoms with Gasteiger partial charge in [-0.1, -0.05) is 0 Å². The zero-order valence-corrected chi connectivity index (χ0v) is 18.6. The number of aromatic nitrogens is 2. The summed E-state index contributed by atoms with van der Waals surface area (Å²) in [5.41, 5.74) is 0. The second-order valence-corrected chi connectivity index (χ2v) is 6.02. The van der Waals surface area contributed by atoms with E-state index >= 15 is 0 Å². The van der Waals surface area contributed by atoms with Crippen LogP contribution in [-0.4, -0.2) is 74.3 Å². The molecule has 28 heavy (non-hydrogen) atoms. The molecule has 0 spiro atoms. The van der Waals surface area contributed by atoms with Crippen LogP contribution in [0.5, 0.6) is 11.5 Å². The van der Waals surface area contributed by atoms with E-state index in [0.717, 1.165) is 49.6 Å². The lowest BCUT2D eigenvalue weighted by Gasteiger charge is -2.36. The average Bonchev–Trinajstić information content (AvgIpc) is 2.75. The van der Waals surface area contributed by atoms with E-state index in [1.807, 2.05) is 30.3 Å². The van der Waals surface area contributed by atoms with Crippen molar-refractivity contribution in [2.75, 3.05) is 58.4 Å². The molecular weight excluding hydrogens is 471 g/mol. The standard InChI is InChI=1S/C19H26N6O2.HI/c1-20-18(23-10-15-27-17-6-4-16(26-2)5-7-17)24-11-13-25(14-12-24)19-21-8-3-9-22-19;/h3-9H,10-15H2,1-2H3,(H,20,23);1H. The summed E-state index contributed by atoms with van der Waals surface area (Å²) in [7, 11) is 3.46. The first-order valence-electron chi connectivity index (χ1n) is 9.04. The Labute approximate surface area is 183 Å². The summed E-state index contributed by atoms with van der Waals surface area (Å²) in [4.78, 5) is 17.5. The Hall–Kier alpha value is -2.30. The Balaban J connectivity index is 0.00000280. The highest BCUT2D eigenvalue weighted by Crippen LogP contribution is 2.16. The van der Waals surface area contributed by atoms with Crippen LogP contribution in [0, 0.1) is 0 Å². The fourth-order valence-corrected chi connectivity index (χ4v) is 2.91. The Bertz CT molecular complexity index is 721. The van der Waals surface area contributed by atoms with Crippen molar-refractivity contribution in [3.63, 3.8) is 0 Å². The predicted octanol–water partition coefficient (Wildman–Crippen LogP) is 1.88. The van der Waals surface area contributed by atoms with Gasteiger partial charge >= 0.3 is 0 Å². The Morgan fingerprint density at radius 1 is 1.07 bits per heavy atom. The molecule has 1 aromatic heterocycles. The molecule has 0 bridgehead atoms. The summed E-state index contributed by atoms with van der Waals surface area (Å²) < 4.78 is 10.9. The first-order chi connectivity index (χ1) is 13.3. The van der Waals surface area contributed by atoms with Crippen LogP contribution in [0.2, 0.25) is 0 Å². The number of hydrogen-bond donors (Lipinski definition) is 1. The largest absolute Gasteiger partial charge is 0.497 e. The second-order valence-electron chi connectivity index (χ2n) is 6.02. The van der Waals surface area contributed by atoms with Crippen molar-refractivity contribution in [3.8, 4) is 11.5 Å². The van der Waals surface area contributed by atoms with E-state index in [1.54, 1.807) is 26.6 Å². The zero-order chi connectivity index (χ0) is 18.9. The summed E-state index contributed by atoms with van der Waals surface area (Å²) in [6, 6.07) is 9.41. The van der Waals surface area contributed by atoms with Gasteiger partial charge in [0.2, 0.25) is 5.95 Å². The van der Waals surface area contributed by atoms with Gasteiger partial charge in [0, 0.05) is 45.6 Å². The normalized spacial score (nSPS) is 14.3. The van der Waals surface area contributed by atoms with Gasteiger partial charge in [-0.25, -0.2) is 9.97 Å². The average molecular weight is 498 g/mol. The molecule has 0 saturated carbocycles. The first-order valence-corrected chi connectivity index (χ1v) is 9.04. The van der Waals surface area contributed by atoms with Crippen LogP contribution in [0.15, 0.2) is 47.7 Å². The second kappa shape index (κ2) is 11.5. The molecule has 3 rings (SSSR count). The number of ether oxygens (including phenoxy) is 2. The molecule has 2 aromatic rings. The molecule has 8 nitrogen and oxygen atoms in total. The van der Waals surface area contributed by atoms with Gasteiger partial charge in [-0.2, -0.15) is 0 Å². The van der Waals surface area contributed by atoms with Crippen molar-refractivity contribution < 1.29 is 9.47 Å². The molecule has 2 heterocycles. The van der Waals surface area contributed by atoms with E-state index in [-0.39, 0.29) is 24.0 Å². The van der Waals surface area contributed by atoms with Gasteiger partial charge in [0.25, 0.3) is 0 Å². The predicted molar refractivity (Wildman–Crippen MR) is 121 cm³/mol. The minimum Gasteiger partial charge on any atom is -0.497 e. The van der Waals surface area contributed by atoms with Gasteiger partial charge in [0.1, 0.15) is 18.1 Å². The van der Waals surface area contributed by atoms with Crippen molar-refractivity contribution in [1.29, 1.82) is 0 Å². The van der Waals surface area contributed by atoms with Gasteiger partial charge in [0.05, 0.1) is 13.7 Å². The summed E-state index contributed by atoms with van der Waals surface area (Å²) >= 11 is 0. The number of halogens is 1. The minimum absolute atomic E-state index is 0. The molecule has 1 aromatic carbocycles. The third kappa shape index (κ3) is 6.11. The highest BCUT2D eigenvalue weighted by atomic mass is 127. The third-order valence-corrected chi connectivity index (χ3v) is 4.34. The molecule has 1 N–H and O–H groups in total. The molecule has 0 atom stereocenters. The lowest BCUT2D eigenvalue weighted by Crippen LogP contribution is -2.53. The fourth-order valence-electron chi connectivity index (χ4n) is 2.91. The quantitative estimate of drug-likeness (QED) is 0.282. The van der Waals surface area contributed by atoms with E-state index < -0.39 is 0 Å². The molecule has 152 valence electrons. The first kappa shape index (κ1) is 22.0. The summed E-state index contributed by atoms with van der Waals surface area (Å²) in [5, 5.41) is 3.36.